The van der Waals surface area contributed by atoms with E-state index >= 15 is 0 Å². The summed E-state index contributed by atoms with van der Waals surface area (Å²) in [6, 6.07) is 0. The second-order valence-corrected chi connectivity index (χ2v) is 6.89. The molecule has 2 aliphatic heterocycles. The molecule has 2 aliphatic rings. The van der Waals surface area contributed by atoms with Gasteiger partial charge >= 0.3 is 5.97 Å². The van der Waals surface area contributed by atoms with Gasteiger partial charge in [0.25, 0.3) is 5.91 Å². The summed E-state index contributed by atoms with van der Waals surface area (Å²) < 4.78 is 0.518. The van der Waals surface area contributed by atoms with Gasteiger partial charge in [-0.05, 0) is 19.1 Å². The van der Waals surface area contributed by atoms with Crippen molar-refractivity contribution in [3.63, 3.8) is 0 Å². The molecule has 3 N–H and O–H groups in total. The summed E-state index contributed by atoms with van der Waals surface area (Å²) in [5.74, 6) is -1.19. The summed E-state index contributed by atoms with van der Waals surface area (Å²) in [5, 5.41) is 28.2. The van der Waals surface area contributed by atoms with Crippen molar-refractivity contribution in [2.75, 3.05) is 5.75 Å². The average molecular weight is 305 g/mol. The van der Waals surface area contributed by atoms with E-state index in [1.54, 1.807) is 0 Å². The maximum atomic E-state index is 11.9. The lowest BCUT2D eigenvalue weighted by Crippen LogP contribution is -2.75. The number of thioether (sulfide) groups is 2. The third-order valence-electron chi connectivity index (χ3n) is 3.10. The molecule has 6 nitrogen and oxygen atoms in total. The van der Waals surface area contributed by atoms with Gasteiger partial charge in [-0.25, -0.2) is 4.79 Å². The Hall–Kier alpha value is -0.700. The highest BCUT2D eigenvalue weighted by Gasteiger charge is 2.68. The highest BCUT2D eigenvalue weighted by Crippen LogP contribution is 2.55. The number of amides is 1. The van der Waals surface area contributed by atoms with Crippen molar-refractivity contribution in [2.45, 2.75) is 37.3 Å². The van der Waals surface area contributed by atoms with Crippen LogP contribution in [0.1, 0.15) is 20.3 Å². The van der Waals surface area contributed by atoms with Crippen LogP contribution in [0.2, 0.25) is 0 Å². The molecule has 1 saturated heterocycles. The Morgan fingerprint density at radius 2 is 2.26 bits per heavy atom. The van der Waals surface area contributed by atoms with E-state index in [-0.39, 0.29) is 5.70 Å². The Kier molecular flexibility index (Phi) is 3.87. The third kappa shape index (κ3) is 1.97. The summed E-state index contributed by atoms with van der Waals surface area (Å²) in [5.41, 5.74) is -1.97. The monoisotopic (exact) mass is 305 g/mol. The van der Waals surface area contributed by atoms with E-state index in [0.717, 1.165) is 28.8 Å². The van der Waals surface area contributed by atoms with Gasteiger partial charge in [0.2, 0.25) is 0 Å². The van der Waals surface area contributed by atoms with E-state index in [1.165, 1.54) is 18.7 Å². The average Bonchev–Trinajstić information content (AvgIpc) is 2.71. The normalized spacial score (nSPS) is 31.3. The van der Waals surface area contributed by atoms with E-state index in [0.29, 0.717) is 4.24 Å². The first-order valence-electron chi connectivity index (χ1n) is 5.86. The van der Waals surface area contributed by atoms with Crippen LogP contribution < -0.4 is 0 Å². The molecule has 19 heavy (non-hydrogen) atoms. The van der Waals surface area contributed by atoms with Crippen LogP contribution in [0.5, 0.6) is 0 Å². The summed E-state index contributed by atoms with van der Waals surface area (Å²) in [6.07, 6.45) is -0.361. The minimum Gasteiger partial charge on any atom is -0.477 e. The maximum Gasteiger partial charge on any atom is 0.354 e. The number of hydrogen-bond acceptors (Lipinski definition) is 6. The van der Waals surface area contributed by atoms with E-state index in [9.17, 15) is 24.9 Å². The fourth-order valence-corrected chi connectivity index (χ4v) is 4.82. The lowest BCUT2D eigenvalue weighted by Gasteiger charge is -2.50. The third-order valence-corrected chi connectivity index (χ3v) is 6.01. The van der Waals surface area contributed by atoms with Crippen LogP contribution in [0.25, 0.3) is 0 Å². The van der Waals surface area contributed by atoms with Crippen LogP contribution in [0.3, 0.4) is 0 Å². The molecule has 0 unspecified atom stereocenters. The topological polar surface area (TPSA) is 98.1 Å². The molecular formula is C11H15NO5S2. The summed E-state index contributed by atoms with van der Waals surface area (Å²) >= 11 is 2.49. The van der Waals surface area contributed by atoms with Crippen LogP contribution in [0, 0.1) is 0 Å². The Morgan fingerprint density at radius 1 is 1.63 bits per heavy atom. The van der Waals surface area contributed by atoms with Crippen molar-refractivity contribution < 1.29 is 24.9 Å². The molecule has 1 fully saturated rings. The lowest BCUT2D eigenvalue weighted by molar-refractivity contribution is -0.193. The van der Waals surface area contributed by atoms with Gasteiger partial charge in [0, 0.05) is 0 Å². The van der Waals surface area contributed by atoms with E-state index in [1.807, 2.05) is 6.92 Å². The SMILES string of the molecule is CCCSC1=C(C(=O)O)N2C(=O)[C@](O)([C@@H](C)O)[C@H]2S1. The molecule has 0 saturated carbocycles. The highest BCUT2D eigenvalue weighted by molar-refractivity contribution is 8.22. The summed E-state index contributed by atoms with van der Waals surface area (Å²) in [4.78, 5) is 24.3. The Bertz CT molecular complexity index is 464. The predicted octanol–water partition coefficient (Wildman–Crippen LogP) is 0.410. The van der Waals surface area contributed by atoms with E-state index < -0.39 is 29.0 Å². The van der Waals surface area contributed by atoms with Gasteiger partial charge in [0.05, 0.1) is 10.3 Å². The molecule has 8 heteroatoms. The van der Waals surface area contributed by atoms with Crippen molar-refractivity contribution in [3.05, 3.63) is 9.93 Å². The molecule has 2 heterocycles. The number of nitrogens with zero attached hydrogens (tertiary/aromatic N) is 1. The molecule has 0 aromatic rings. The van der Waals surface area contributed by atoms with Gasteiger partial charge in [0.15, 0.2) is 11.3 Å². The zero-order valence-electron chi connectivity index (χ0n) is 10.5. The number of hydrogen-bond donors (Lipinski definition) is 3. The summed E-state index contributed by atoms with van der Waals surface area (Å²) in [6.45, 7) is 3.30. The summed E-state index contributed by atoms with van der Waals surface area (Å²) in [7, 11) is 0. The molecule has 2 rings (SSSR count). The van der Waals surface area contributed by atoms with E-state index in [4.69, 9.17) is 0 Å². The quantitative estimate of drug-likeness (QED) is 0.633. The number of β-lactam (4-membered cyclic amide) rings is 1. The standard InChI is InChI=1S/C11H15NO5S2/c1-3-4-18-8-6(7(14)15)12-9(16)11(17,5(2)13)10(12)19-8/h5,10,13,17H,3-4H2,1-2H3,(H,14,15)/t5-,10-,11-/m1/s1. The minimum absolute atomic E-state index is 0.0798. The number of carboxylic acids is 1. The van der Waals surface area contributed by atoms with Gasteiger partial charge in [0.1, 0.15) is 5.37 Å². The van der Waals surface area contributed by atoms with Gasteiger partial charge in [-0.3, -0.25) is 9.69 Å². The van der Waals surface area contributed by atoms with Gasteiger partial charge < -0.3 is 15.3 Å². The zero-order valence-corrected chi connectivity index (χ0v) is 12.1. The first kappa shape index (κ1) is 14.7. The maximum absolute atomic E-state index is 11.9. The number of carboxylic acid groups (broad SMARTS) is 1. The first-order chi connectivity index (χ1) is 8.85. The predicted molar refractivity (Wildman–Crippen MR) is 72.3 cm³/mol. The largest absolute Gasteiger partial charge is 0.477 e. The molecule has 0 radical (unpaired) electrons. The molecule has 0 aliphatic carbocycles. The fourth-order valence-electron chi connectivity index (χ4n) is 2.03. The van der Waals surface area contributed by atoms with Crippen LogP contribution in [0.4, 0.5) is 0 Å². The molecule has 0 bridgehead atoms. The molecule has 3 atom stereocenters. The molecule has 0 aromatic carbocycles. The molecular weight excluding hydrogens is 290 g/mol. The highest BCUT2D eigenvalue weighted by atomic mass is 32.2. The number of fused-ring (bicyclic) bond motifs is 1. The number of carbonyl (C=O) groups is 2. The zero-order chi connectivity index (χ0) is 14.4. The lowest BCUT2D eigenvalue weighted by atomic mass is 9.86. The van der Waals surface area contributed by atoms with Crippen LogP contribution in [-0.2, 0) is 9.59 Å². The van der Waals surface area contributed by atoms with Gasteiger partial charge in [-0.1, -0.05) is 18.7 Å². The first-order valence-corrected chi connectivity index (χ1v) is 7.73. The van der Waals surface area contributed by atoms with Crippen molar-refractivity contribution in [1.29, 1.82) is 0 Å². The van der Waals surface area contributed by atoms with Crippen LogP contribution in [-0.4, -0.2) is 54.9 Å². The number of rotatable bonds is 5. The molecule has 0 spiro atoms. The van der Waals surface area contributed by atoms with Gasteiger partial charge in [-0.15, -0.1) is 11.8 Å². The van der Waals surface area contributed by atoms with E-state index in [2.05, 4.69) is 0 Å². The molecule has 0 aromatic heterocycles. The number of carbonyl (C=O) groups excluding carboxylic acids is 1. The second-order valence-electron chi connectivity index (χ2n) is 4.44. The van der Waals surface area contributed by atoms with Crippen LogP contribution in [0.15, 0.2) is 9.93 Å². The molecule has 106 valence electrons. The van der Waals surface area contributed by atoms with Gasteiger partial charge in [-0.2, -0.15) is 0 Å². The van der Waals surface area contributed by atoms with Crippen molar-refractivity contribution in [1.82, 2.24) is 4.90 Å². The Morgan fingerprint density at radius 3 is 2.74 bits per heavy atom. The smallest absolute Gasteiger partial charge is 0.354 e. The Balaban J connectivity index is 2.29. The van der Waals surface area contributed by atoms with Crippen LogP contribution >= 0.6 is 23.5 Å². The second kappa shape index (κ2) is 5.01. The van der Waals surface area contributed by atoms with Crippen molar-refractivity contribution in [3.8, 4) is 0 Å². The fraction of sp³-hybridized carbons (Fsp3) is 0.636. The number of aliphatic hydroxyl groups excluding tert-OH is 1. The van der Waals surface area contributed by atoms with Crippen molar-refractivity contribution in [2.24, 2.45) is 0 Å². The minimum atomic E-state index is -1.89. The molecule has 1 amide bonds. The Labute approximate surface area is 118 Å². The van der Waals surface area contributed by atoms with Crippen molar-refractivity contribution >= 4 is 35.4 Å². The number of aliphatic carboxylic acids is 1. The number of aliphatic hydroxyl groups is 2.